The van der Waals surface area contributed by atoms with Crippen LogP contribution in [-0.4, -0.2) is 19.2 Å². The molecule has 1 aromatic carbocycles. The predicted molar refractivity (Wildman–Crippen MR) is 81.9 cm³/mol. The molecule has 0 fully saturated rings. The molecule has 0 aliphatic carbocycles. The summed E-state index contributed by atoms with van der Waals surface area (Å²) in [5.41, 5.74) is 7.89. The van der Waals surface area contributed by atoms with Crippen LogP contribution < -0.4 is 15.4 Å². The van der Waals surface area contributed by atoms with E-state index in [9.17, 15) is 0 Å². The summed E-state index contributed by atoms with van der Waals surface area (Å²) in [5.74, 6) is 0.989. The molecule has 1 aliphatic rings. The van der Waals surface area contributed by atoms with Gasteiger partial charge in [-0.05, 0) is 31.0 Å². The van der Waals surface area contributed by atoms with Crippen molar-refractivity contribution in [1.82, 2.24) is 0 Å². The Kier molecular flexibility index (Phi) is 4.94. The lowest BCUT2D eigenvalue weighted by Gasteiger charge is -2.36. The topological polar surface area (TPSA) is 38.5 Å². The van der Waals surface area contributed by atoms with Crippen molar-refractivity contribution in [2.75, 3.05) is 23.7 Å². The van der Waals surface area contributed by atoms with Crippen molar-refractivity contribution >= 4 is 11.4 Å². The Hall–Kier alpha value is -1.38. The van der Waals surface area contributed by atoms with Crippen molar-refractivity contribution in [3.8, 4) is 5.75 Å². The highest BCUT2D eigenvalue weighted by Gasteiger charge is 2.24. The zero-order valence-electron chi connectivity index (χ0n) is 12.2. The van der Waals surface area contributed by atoms with Crippen molar-refractivity contribution in [3.05, 3.63) is 18.2 Å². The monoisotopic (exact) mass is 262 g/mol. The summed E-state index contributed by atoms with van der Waals surface area (Å²) in [5, 5.41) is 0. The van der Waals surface area contributed by atoms with Gasteiger partial charge in [-0.2, -0.15) is 0 Å². The third kappa shape index (κ3) is 3.55. The minimum Gasteiger partial charge on any atom is -0.486 e. The van der Waals surface area contributed by atoms with E-state index in [1.165, 1.54) is 31.4 Å². The fraction of sp³-hybridized carbons (Fsp3) is 0.625. The van der Waals surface area contributed by atoms with E-state index in [2.05, 4.69) is 18.7 Å². The molecule has 0 saturated heterocycles. The molecule has 106 valence electrons. The molecule has 2 N–H and O–H groups in total. The zero-order valence-corrected chi connectivity index (χ0v) is 12.2. The maximum atomic E-state index is 6.00. The second-order valence-electron chi connectivity index (χ2n) is 5.38. The van der Waals surface area contributed by atoms with Crippen molar-refractivity contribution in [2.24, 2.45) is 0 Å². The summed E-state index contributed by atoms with van der Waals surface area (Å²) in [6.07, 6.45) is 6.52. The van der Waals surface area contributed by atoms with Gasteiger partial charge in [0.2, 0.25) is 0 Å². The van der Waals surface area contributed by atoms with Crippen molar-refractivity contribution in [3.63, 3.8) is 0 Å². The van der Waals surface area contributed by atoms with E-state index < -0.39 is 0 Å². The Morgan fingerprint density at radius 2 is 2.11 bits per heavy atom. The van der Waals surface area contributed by atoms with Gasteiger partial charge < -0.3 is 15.4 Å². The average Bonchev–Trinajstić information content (AvgIpc) is 2.43. The lowest BCUT2D eigenvalue weighted by atomic mass is 10.1. The van der Waals surface area contributed by atoms with E-state index in [1.807, 2.05) is 18.2 Å². The van der Waals surface area contributed by atoms with Gasteiger partial charge in [-0.15, -0.1) is 0 Å². The van der Waals surface area contributed by atoms with E-state index in [0.717, 1.165) is 30.9 Å². The van der Waals surface area contributed by atoms with E-state index >= 15 is 0 Å². The molecule has 0 saturated carbocycles. The van der Waals surface area contributed by atoms with E-state index in [-0.39, 0.29) is 0 Å². The highest BCUT2D eigenvalue weighted by Crippen LogP contribution is 2.35. The van der Waals surface area contributed by atoms with Gasteiger partial charge in [0.15, 0.2) is 0 Å². The molecule has 3 heteroatoms. The molecular formula is C16H26N2O. The Labute approximate surface area is 116 Å². The van der Waals surface area contributed by atoms with Crippen LogP contribution in [0.25, 0.3) is 0 Å². The number of hydrogen-bond acceptors (Lipinski definition) is 3. The van der Waals surface area contributed by atoms with Crippen LogP contribution in [0, 0.1) is 0 Å². The van der Waals surface area contributed by atoms with E-state index in [4.69, 9.17) is 10.5 Å². The number of anilines is 2. The van der Waals surface area contributed by atoms with Crippen LogP contribution >= 0.6 is 0 Å². The highest BCUT2D eigenvalue weighted by atomic mass is 16.5. The molecule has 1 aliphatic heterocycles. The Balaban J connectivity index is 2.07. The summed E-state index contributed by atoms with van der Waals surface area (Å²) in [7, 11) is 0. The van der Waals surface area contributed by atoms with Crippen LogP contribution in [0.3, 0.4) is 0 Å². The minimum atomic E-state index is 0.308. The fourth-order valence-corrected chi connectivity index (χ4v) is 2.60. The highest BCUT2D eigenvalue weighted by molar-refractivity contribution is 5.66. The Morgan fingerprint density at radius 3 is 2.84 bits per heavy atom. The lowest BCUT2D eigenvalue weighted by molar-refractivity contribution is 0.189. The molecule has 1 atom stereocenters. The number of benzene rings is 1. The maximum Gasteiger partial charge on any atom is 0.143 e. The summed E-state index contributed by atoms with van der Waals surface area (Å²) < 4.78 is 6.00. The predicted octanol–water partition coefficient (Wildman–Crippen LogP) is 3.83. The van der Waals surface area contributed by atoms with Gasteiger partial charge in [0.1, 0.15) is 11.9 Å². The quantitative estimate of drug-likeness (QED) is 0.625. The molecule has 0 radical (unpaired) electrons. The van der Waals surface area contributed by atoms with E-state index in [1.54, 1.807) is 0 Å². The van der Waals surface area contributed by atoms with Crippen LogP contribution in [0.15, 0.2) is 18.2 Å². The third-order valence-corrected chi connectivity index (χ3v) is 3.78. The zero-order chi connectivity index (χ0) is 13.7. The molecule has 1 aromatic rings. The number of nitrogens with two attached hydrogens (primary N) is 1. The number of unbranched alkanes of at least 4 members (excludes halogenated alkanes) is 3. The molecule has 0 amide bonds. The average molecular weight is 262 g/mol. The molecule has 0 aromatic heterocycles. The third-order valence-electron chi connectivity index (χ3n) is 3.78. The van der Waals surface area contributed by atoms with Gasteiger partial charge >= 0.3 is 0 Å². The molecule has 2 rings (SSSR count). The standard InChI is InChI=1S/C16H26N2O/c1-3-5-6-7-10-18-12-14(4-2)19-16-9-8-13(17)11-15(16)18/h8-9,11,14H,3-7,10,12,17H2,1-2H3. The molecule has 0 bridgehead atoms. The second kappa shape index (κ2) is 6.69. The van der Waals surface area contributed by atoms with E-state index in [0.29, 0.717) is 6.10 Å². The van der Waals surface area contributed by atoms with Crippen LogP contribution in [0.1, 0.15) is 46.0 Å². The number of nitrogens with zero attached hydrogens (tertiary/aromatic N) is 1. The van der Waals surface area contributed by atoms with Gasteiger partial charge in [-0.25, -0.2) is 0 Å². The number of nitrogen functional groups attached to an aromatic ring is 1. The minimum absolute atomic E-state index is 0.308. The van der Waals surface area contributed by atoms with Gasteiger partial charge in [0, 0.05) is 12.2 Å². The van der Waals surface area contributed by atoms with Crippen LogP contribution in [0.4, 0.5) is 11.4 Å². The van der Waals surface area contributed by atoms with Crippen molar-refractivity contribution in [1.29, 1.82) is 0 Å². The smallest absolute Gasteiger partial charge is 0.143 e. The van der Waals surface area contributed by atoms with Gasteiger partial charge in [0.05, 0.1) is 12.2 Å². The van der Waals surface area contributed by atoms with Gasteiger partial charge in [0.25, 0.3) is 0 Å². The number of rotatable bonds is 6. The Morgan fingerprint density at radius 1 is 1.26 bits per heavy atom. The van der Waals surface area contributed by atoms with Gasteiger partial charge in [-0.3, -0.25) is 0 Å². The van der Waals surface area contributed by atoms with Crippen LogP contribution in [0.5, 0.6) is 5.75 Å². The van der Waals surface area contributed by atoms with Crippen LogP contribution in [-0.2, 0) is 0 Å². The first kappa shape index (κ1) is 14.0. The lowest BCUT2D eigenvalue weighted by Crippen LogP contribution is -2.40. The normalized spacial score (nSPS) is 18.0. The van der Waals surface area contributed by atoms with Gasteiger partial charge in [-0.1, -0.05) is 33.1 Å². The van der Waals surface area contributed by atoms with Crippen LogP contribution in [0.2, 0.25) is 0 Å². The first-order valence-corrected chi connectivity index (χ1v) is 7.55. The molecule has 0 spiro atoms. The molecule has 1 heterocycles. The maximum absolute atomic E-state index is 6.00. The van der Waals surface area contributed by atoms with Crippen molar-refractivity contribution in [2.45, 2.75) is 52.1 Å². The first-order valence-electron chi connectivity index (χ1n) is 7.55. The Bertz CT molecular complexity index is 406. The number of hydrogen-bond donors (Lipinski definition) is 1. The SMILES string of the molecule is CCCCCCN1CC(CC)Oc2ccc(N)cc21. The fourth-order valence-electron chi connectivity index (χ4n) is 2.60. The first-order chi connectivity index (χ1) is 9.24. The van der Waals surface area contributed by atoms with Crippen molar-refractivity contribution < 1.29 is 4.74 Å². The molecular weight excluding hydrogens is 236 g/mol. The second-order valence-corrected chi connectivity index (χ2v) is 5.38. The summed E-state index contributed by atoms with van der Waals surface area (Å²) in [4.78, 5) is 2.44. The number of ether oxygens (including phenoxy) is 1. The molecule has 19 heavy (non-hydrogen) atoms. The number of fused-ring (bicyclic) bond motifs is 1. The molecule has 3 nitrogen and oxygen atoms in total. The molecule has 1 unspecified atom stereocenters. The summed E-state index contributed by atoms with van der Waals surface area (Å²) in [6.45, 7) is 6.52. The summed E-state index contributed by atoms with van der Waals surface area (Å²) in [6, 6.07) is 5.97. The summed E-state index contributed by atoms with van der Waals surface area (Å²) >= 11 is 0. The largest absolute Gasteiger partial charge is 0.486 e.